The Bertz CT molecular complexity index is 764. The first-order chi connectivity index (χ1) is 10.8. The summed E-state index contributed by atoms with van der Waals surface area (Å²) in [6.07, 6.45) is -4.62. The summed E-state index contributed by atoms with van der Waals surface area (Å²) in [5.74, 6) is -0.440. The maximum absolute atomic E-state index is 12.9. The molecule has 0 spiro atoms. The van der Waals surface area contributed by atoms with Crippen LogP contribution in [0.4, 0.5) is 18.9 Å². The number of nitriles is 1. The number of carbonyl (C=O) groups is 1. The first-order valence-corrected chi connectivity index (χ1v) is 7.24. The van der Waals surface area contributed by atoms with E-state index in [0.717, 1.165) is 22.2 Å². The Balaban J connectivity index is 2.15. The van der Waals surface area contributed by atoms with Crippen LogP contribution in [0.25, 0.3) is 0 Å². The summed E-state index contributed by atoms with van der Waals surface area (Å²) < 4.78 is 39.5. The summed E-state index contributed by atoms with van der Waals surface area (Å²) in [6, 6.07) is 11.6. The lowest BCUT2D eigenvalue weighted by atomic mass is 10.1. The second-order valence-electron chi connectivity index (χ2n) is 4.72. The average molecular weight is 383 g/mol. The van der Waals surface area contributed by atoms with Gasteiger partial charge in [-0.3, -0.25) is 4.79 Å². The van der Waals surface area contributed by atoms with E-state index in [4.69, 9.17) is 5.26 Å². The number of hydrogen-bond acceptors (Lipinski definition) is 2. The fraction of sp³-hybridized carbons (Fsp3) is 0.125. The molecule has 0 aromatic heterocycles. The third-order valence-electron chi connectivity index (χ3n) is 3.01. The van der Waals surface area contributed by atoms with Crippen molar-refractivity contribution < 1.29 is 18.0 Å². The molecule has 118 valence electrons. The van der Waals surface area contributed by atoms with Gasteiger partial charge in [0.2, 0.25) is 5.91 Å². The minimum Gasteiger partial charge on any atom is -0.326 e. The molecule has 0 aliphatic rings. The van der Waals surface area contributed by atoms with Crippen molar-refractivity contribution in [1.29, 1.82) is 5.26 Å². The molecule has 2 rings (SSSR count). The molecule has 0 aliphatic carbocycles. The van der Waals surface area contributed by atoms with E-state index in [2.05, 4.69) is 21.2 Å². The van der Waals surface area contributed by atoms with Gasteiger partial charge in [0, 0.05) is 10.2 Å². The highest BCUT2D eigenvalue weighted by molar-refractivity contribution is 9.10. The lowest BCUT2D eigenvalue weighted by Crippen LogP contribution is -2.16. The van der Waals surface area contributed by atoms with Crippen LogP contribution in [0.15, 0.2) is 46.9 Å². The van der Waals surface area contributed by atoms with Crippen LogP contribution in [-0.4, -0.2) is 5.91 Å². The molecule has 2 aromatic carbocycles. The van der Waals surface area contributed by atoms with Crippen LogP contribution in [0, 0.1) is 11.3 Å². The molecule has 3 nitrogen and oxygen atoms in total. The molecule has 0 bridgehead atoms. The standard InChI is InChI=1S/C16H10BrF3N2O/c17-12-4-1-10(2-5-12)7-15(23)22-13-6-3-11(9-21)14(8-13)16(18,19)20/h1-6,8H,7H2,(H,22,23). The Morgan fingerprint density at radius 3 is 2.39 bits per heavy atom. The summed E-state index contributed by atoms with van der Waals surface area (Å²) in [6.45, 7) is 0. The highest BCUT2D eigenvalue weighted by atomic mass is 79.9. The van der Waals surface area contributed by atoms with Crippen molar-refractivity contribution in [3.63, 3.8) is 0 Å². The molecule has 0 atom stereocenters. The van der Waals surface area contributed by atoms with Gasteiger partial charge in [-0.05, 0) is 35.9 Å². The predicted octanol–water partition coefficient (Wildman–Crippen LogP) is 4.52. The number of anilines is 1. The summed E-state index contributed by atoms with van der Waals surface area (Å²) in [5.41, 5.74) is -0.821. The van der Waals surface area contributed by atoms with Crippen LogP contribution in [0.5, 0.6) is 0 Å². The van der Waals surface area contributed by atoms with Crippen molar-refractivity contribution >= 4 is 27.5 Å². The molecule has 23 heavy (non-hydrogen) atoms. The number of nitrogens with one attached hydrogen (secondary N) is 1. The molecule has 1 amide bonds. The molecule has 0 saturated carbocycles. The van der Waals surface area contributed by atoms with Crippen molar-refractivity contribution in [3.05, 3.63) is 63.6 Å². The van der Waals surface area contributed by atoms with Crippen molar-refractivity contribution in [2.45, 2.75) is 12.6 Å². The normalized spacial score (nSPS) is 10.9. The molecule has 2 aromatic rings. The maximum Gasteiger partial charge on any atom is 0.417 e. The highest BCUT2D eigenvalue weighted by Gasteiger charge is 2.33. The Labute approximate surface area is 138 Å². The van der Waals surface area contributed by atoms with E-state index >= 15 is 0 Å². The van der Waals surface area contributed by atoms with Crippen molar-refractivity contribution in [2.24, 2.45) is 0 Å². The first-order valence-electron chi connectivity index (χ1n) is 6.45. The number of rotatable bonds is 3. The number of alkyl halides is 3. The van der Waals surface area contributed by atoms with Gasteiger partial charge in [-0.2, -0.15) is 18.4 Å². The number of benzene rings is 2. The largest absolute Gasteiger partial charge is 0.417 e. The topological polar surface area (TPSA) is 52.9 Å². The molecule has 0 aliphatic heterocycles. The quantitative estimate of drug-likeness (QED) is 0.848. The minimum atomic E-state index is -4.66. The third-order valence-corrected chi connectivity index (χ3v) is 3.54. The van der Waals surface area contributed by atoms with E-state index in [1.165, 1.54) is 12.1 Å². The number of hydrogen-bond donors (Lipinski definition) is 1. The maximum atomic E-state index is 12.9. The Morgan fingerprint density at radius 2 is 1.83 bits per heavy atom. The molecular weight excluding hydrogens is 373 g/mol. The van der Waals surface area contributed by atoms with E-state index in [1.807, 2.05) is 0 Å². The Morgan fingerprint density at radius 1 is 1.17 bits per heavy atom. The third kappa shape index (κ3) is 4.57. The molecular formula is C16H10BrF3N2O. The number of carbonyl (C=O) groups excluding carboxylic acids is 1. The van der Waals surface area contributed by atoms with Crippen LogP contribution in [0.3, 0.4) is 0 Å². The van der Waals surface area contributed by atoms with E-state index in [1.54, 1.807) is 24.3 Å². The SMILES string of the molecule is N#Cc1ccc(NC(=O)Cc2ccc(Br)cc2)cc1C(F)(F)F. The lowest BCUT2D eigenvalue weighted by Gasteiger charge is -2.11. The summed E-state index contributed by atoms with van der Waals surface area (Å²) in [4.78, 5) is 11.9. The lowest BCUT2D eigenvalue weighted by molar-refractivity contribution is -0.137. The van der Waals surface area contributed by atoms with Gasteiger partial charge in [0.25, 0.3) is 0 Å². The van der Waals surface area contributed by atoms with Gasteiger partial charge in [-0.25, -0.2) is 0 Å². The van der Waals surface area contributed by atoms with Gasteiger partial charge in [0.1, 0.15) is 0 Å². The van der Waals surface area contributed by atoms with Crippen LogP contribution in [-0.2, 0) is 17.4 Å². The number of amides is 1. The fourth-order valence-corrected chi connectivity index (χ4v) is 2.21. The molecule has 0 heterocycles. The van der Waals surface area contributed by atoms with Crippen LogP contribution in [0.2, 0.25) is 0 Å². The van der Waals surface area contributed by atoms with E-state index in [-0.39, 0.29) is 12.1 Å². The second kappa shape index (κ2) is 6.84. The summed E-state index contributed by atoms with van der Waals surface area (Å²) in [5, 5.41) is 11.1. The van der Waals surface area contributed by atoms with Crippen LogP contribution >= 0.6 is 15.9 Å². The van der Waals surface area contributed by atoms with Gasteiger partial charge in [0.15, 0.2) is 0 Å². The van der Waals surface area contributed by atoms with Gasteiger partial charge in [0.05, 0.1) is 23.6 Å². The molecule has 0 unspecified atom stereocenters. The van der Waals surface area contributed by atoms with Crippen LogP contribution in [0.1, 0.15) is 16.7 Å². The Hall–Kier alpha value is -2.33. The zero-order valence-corrected chi connectivity index (χ0v) is 13.2. The first kappa shape index (κ1) is 17.0. The fourth-order valence-electron chi connectivity index (χ4n) is 1.95. The van der Waals surface area contributed by atoms with E-state index in [9.17, 15) is 18.0 Å². The summed E-state index contributed by atoms with van der Waals surface area (Å²) in [7, 11) is 0. The molecule has 0 fully saturated rings. The molecule has 0 radical (unpaired) electrons. The molecule has 0 saturated heterocycles. The smallest absolute Gasteiger partial charge is 0.326 e. The van der Waals surface area contributed by atoms with Crippen LogP contribution < -0.4 is 5.32 Å². The Kier molecular flexibility index (Phi) is 5.06. The van der Waals surface area contributed by atoms with Crippen molar-refractivity contribution in [1.82, 2.24) is 0 Å². The van der Waals surface area contributed by atoms with Gasteiger partial charge >= 0.3 is 6.18 Å². The monoisotopic (exact) mass is 382 g/mol. The van der Waals surface area contributed by atoms with Gasteiger partial charge in [-0.15, -0.1) is 0 Å². The minimum absolute atomic E-state index is 0.00145. The van der Waals surface area contributed by atoms with Gasteiger partial charge in [-0.1, -0.05) is 28.1 Å². The zero-order chi connectivity index (χ0) is 17.0. The zero-order valence-electron chi connectivity index (χ0n) is 11.6. The second-order valence-corrected chi connectivity index (χ2v) is 5.64. The summed E-state index contributed by atoms with van der Waals surface area (Å²) >= 11 is 3.27. The van der Waals surface area contributed by atoms with Crippen molar-refractivity contribution in [3.8, 4) is 6.07 Å². The van der Waals surface area contributed by atoms with E-state index < -0.39 is 23.2 Å². The predicted molar refractivity (Wildman–Crippen MR) is 82.6 cm³/mol. The van der Waals surface area contributed by atoms with Crippen molar-refractivity contribution in [2.75, 3.05) is 5.32 Å². The number of halogens is 4. The number of nitrogens with zero attached hydrogens (tertiary/aromatic N) is 1. The highest BCUT2D eigenvalue weighted by Crippen LogP contribution is 2.33. The average Bonchev–Trinajstić information content (AvgIpc) is 2.48. The molecule has 7 heteroatoms. The molecule has 1 N–H and O–H groups in total. The van der Waals surface area contributed by atoms with E-state index in [0.29, 0.717) is 0 Å². The van der Waals surface area contributed by atoms with Gasteiger partial charge < -0.3 is 5.32 Å².